The Kier molecular flexibility index (Phi) is 5.91. The molecular weight excluding hydrogens is 220 g/mol. The lowest BCUT2D eigenvalue weighted by Gasteiger charge is -2.10. The Morgan fingerprint density at radius 1 is 1.44 bits per heavy atom. The molecule has 0 aliphatic carbocycles. The molecular formula is C12H22N2OS. The van der Waals surface area contributed by atoms with Gasteiger partial charge in [0.15, 0.2) is 0 Å². The number of aliphatic hydroxyl groups is 1. The summed E-state index contributed by atoms with van der Waals surface area (Å²) in [6.07, 6.45) is 1.42. The molecule has 0 saturated heterocycles. The van der Waals surface area contributed by atoms with Crippen LogP contribution in [0, 0.1) is 0 Å². The van der Waals surface area contributed by atoms with Crippen LogP contribution in [0.3, 0.4) is 0 Å². The SMILES string of the molecule is CCSCC(O)Cc1cc(CC)nn1CC. The Hall–Kier alpha value is -0.480. The maximum atomic E-state index is 9.87. The van der Waals surface area contributed by atoms with Crippen LogP contribution in [0.25, 0.3) is 0 Å². The number of nitrogens with zero attached hydrogens (tertiary/aromatic N) is 2. The molecule has 0 aromatic carbocycles. The van der Waals surface area contributed by atoms with Crippen molar-refractivity contribution in [3.05, 3.63) is 17.5 Å². The van der Waals surface area contributed by atoms with Gasteiger partial charge in [0, 0.05) is 24.4 Å². The predicted molar refractivity (Wildman–Crippen MR) is 70.0 cm³/mol. The van der Waals surface area contributed by atoms with Crippen LogP contribution in [0.5, 0.6) is 0 Å². The van der Waals surface area contributed by atoms with Gasteiger partial charge in [-0.2, -0.15) is 16.9 Å². The average Bonchev–Trinajstić information content (AvgIpc) is 2.68. The molecule has 0 aliphatic rings. The topological polar surface area (TPSA) is 38.1 Å². The van der Waals surface area contributed by atoms with E-state index in [1.54, 1.807) is 11.8 Å². The lowest BCUT2D eigenvalue weighted by atomic mass is 10.2. The molecule has 1 aromatic heterocycles. The van der Waals surface area contributed by atoms with E-state index in [0.717, 1.165) is 35.9 Å². The van der Waals surface area contributed by atoms with E-state index >= 15 is 0 Å². The second-order valence-corrected chi connectivity index (χ2v) is 5.13. The van der Waals surface area contributed by atoms with Crippen LogP contribution in [-0.2, 0) is 19.4 Å². The van der Waals surface area contributed by atoms with Gasteiger partial charge >= 0.3 is 0 Å². The molecule has 1 heterocycles. The summed E-state index contributed by atoms with van der Waals surface area (Å²) in [6, 6.07) is 2.11. The van der Waals surface area contributed by atoms with Crippen molar-refractivity contribution in [2.75, 3.05) is 11.5 Å². The van der Waals surface area contributed by atoms with Crippen molar-refractivity contribution in [3.8, 4) is 0 Å². The highest BCUT2D eigenvalue weighted by molar-refractivity contribution is 7.99. The number of aryl methyl sites for hydroxylation is 2. The van der Waals surface area contributed by atoms with E-state index in [0.29, 0.717) is 6.42 Å². The third-order valence-corrected chi connectivity index (χ3v) is 3.56. The number of aliphatic hydroxyl groups excluding tert-OH is 1. The smallest absolute Gasteiger partial charge is 0.0685 e. The molecule has 0 aliphatic heterocycles. The number of hydrogen-bond donors (Lipinski definition) is 1. The van der Waals surface area contributed by atoms with Crippen LogP contribution in [0.15, 0.2) is 6.07 Å². The fourth-order valence-corrected chi connectivity index (χ4v) is 2.31. The number of thioether (sulfide) groups is 1. The van der Waals surface area contributed by atoms with E-state index in [-0.39, 0.29) is 6.10 Å². The molecule has 1 aromatic rings. The van der Waals surface area contributed by atoms with Crippen molar-refractivity contribution in [1.82, 2.24) is 9.78 Å². The minimum Gasteiger partial charge on any atom is -0.392 e. The molecule has 4 heteroatoms. The molecule has 3 nitrogen and oxygen atoms in total. The first-order valence-corrected chi connectivity index (χ1v) is 7.18. The summed E-state index contributed by atoms with van der Waals surface area (Å²) in [4.78, 5) is 0. The quantitative estimate of drug-likeness (QED) is 0.796. The van der Waals surface area contributed by atoms with Gasteiger partial charge in [0.1, 0.15) is 0 Å². The Morgan fingerprint density at radius 2 is 2.19 bits per heavy atom. The maximum absolute atomic E-state index is 9.87. The van der Waals surface area contributed by atoms with Gasteiger partial charge in [-0.1, -0.05) is 13.8 Å². The van der Waals surface area contributed by atoms with Gasteiger partial charge in [-0.3, -0.25) is 4.68 Å². The second-order valence-electron chi connectivity index (χ2n) is 3.81. The first-order chi connectivity index (χ1) is 7.71. The summed E-state index contributed by atoms with van der Waals surface area (Å²) in [7, 11) is 0. The highest BCUT2D eigenvalue weighted by Crippen LogP contribution is 2.11. The lowest BCUT2D eigenvalue weighted by molar-refractivity contribution is 0.197. The second kappa shape index (κ2) is 6.97. The normalized spacial score (nSPS) is 13.0. The van der Waals surface area contributed by atoms with Crippen LogP contribution in [0.4, 0.5) is 0 Å². The van der Waals surface area contributed by atoms with Crippen LogP contribution >= 0.6 is 11.8 Å². The zero-order valence-electron chi connectivity index (χ0n) is 10.4. The monoisotopic (exact) mass is 242 g/mol. The van der Waals surface area contributed by atoms with Crippen molar-refractivity contribution in [2.45, 2.75) is 46.3 Å². The summed E-state index contributed by atoms with van der Waals surface area (Å²) >= 11 is 1.78. The summed E-state index contributed by atoms with van der Waals surface area (Å²) in [5, 5.41) is 14.4. The molecule has 92 valence electrons. The molecule has 1 unspecified atom stereocenters. The van der Waals surface area contributed by atoms with Crippen molar-refractivity contribution < 1.29 is 5.11 Å². The maximum Gasteiger partial charge on any atom is 0.0685 e. The molecule has 0 spiro atoms. The van der Waals surface area contributed by atoms with Gasteiger partial charge in [0.2, 0.25) is 0 Å². The Bertz CT molecular complexity index is 312. The zero-order chi connectivity index (χ0) is 12.0. The molecule has 16 heavy (non-hydrogen) atoms. The minimum absolute atomic E-state index is 0.253. The van der Waals surface area contributed by atoms with Crippen LogP contribution in [0.1, 0.15) is 32.2 Å². The van der Waals surface area contributed by atoms with Crippen molar-refractivity contribution in [2.24, 2.45) is 0 Å². The molecule has 0 amide bonds. The number of aromatic nitrogens is 2. The Balaban J connectivity index is 2.60. The van der Waals surface area contributed by atoms with E-state index in [4.69, 9.17) is 0 Å². The zero-order valence-corrected chi connectivity index (χ0v) is 11.3. The van der Waals surface area contributed by atoms with Gasteiger partial charge in [-0.25, -0.2) is 0 Å². The first kappa shape index (κ1) is 13.6. The number of rotatable bonds is 7. The molecule has 1 atom stereocenters. The third-order valence-electron chi connectivity index (χ3n) is 2.53. The van der Waals surface area contributed by atoms with E-state index < -0.39 is 0 Å². The van der Waals surface area contributed by atoms with Crippen LogP contribution in [0.2, 0.25) is 0 Å². The van der Waals surface area contributed by atoms with E-state index in [1.165, 1.54) is 0 Å². The molecule has 1 N–H and O–H groups in total. The van der Waals surface area contributed by atoms with E-state index in [9.17, 15) is 5.11 Å². The minimum atomic E-state index is -0.253. The lowest BCUT2D eigenvalue weighted by Crippen LogP contribution is -2.16. The van der Waals surface area contributed by atoms with Gasteiger partial charge in [0.05, 0.1) is 11.8 Å². The van der Waals surface area contributed by atoms with Crippen LogP contribution in [-0.4, -0.2) is 32.5 Å². The average molecular weight is 242 g/mol. The van der Waals surface area contributed by atoms with Crippen molar-refractivity contribution in [3.63, 3.8) is 0 Å². The van der Waals surface area contributed by atoms with E-state index in [1.807, 2.05) is 4.68 Å². The van der Waals surface area contributed by atoms with Crippen molar-refractivity contribution in [1.29, 1.82) is 0 Å². The fourth-order valence-electron chi connectivity index (χ4n) is 1.68. The van der Waals surface area contributed by atoms with Crippen molar-refractivity contribution >= 4 is 11.8 Å². The molecule has 0 fully saturated rings. The van der Waals surface area contributed by atoms with Gasteiger partial charge in [-0.15, -0.1) is 0 Å². The summed E-state index contributed by atoms with van der Waals surface area (Å²) in [5.74, 6) is 1.87. The van der Waals surface area contributed by atoms with Gasteiger partial charge < -0.3 is 5.11 Å². The standard InChI is InChI=1S/C12H22N2OS/c1-4-10-7-11(14(5-2)13-10)8-12(15)9-16-6-3/h7,12,15H,4-6,8-9H2,1-3H3. The predicted octanol–water partition coefficient (Wildman–Crippen LogP) is 2.12. The van der Waals surface area contributed by atoms with Gasteiger partial charge in [-0.05, 0) is 25.2 Å². The molecule has 0 bridgehead atoms. The summed E-state index contributed by atoms with van der Waals surface area (Å²) in [6.45, 7) is 7.18. The highest BCUT2D eigenvalue weighted by Gasteiger charge is 2.11. The molecule has 0 saturated carbocycles. The molecule has 1 rings (SSSR count). The summed E-state index contributed by atoms with van der Waals surface area (Å²) in [5.41, 5.74) is 2.27. The molecule has 0 radical (unpaired) electrons. The Morgan fingerprint density at radius 3 is 2.75 bits per heavy atom. The summed E-state index contributed by atoms with van der Waals surface area (Å²) < 4.78 is 2.00. The highest BCUT2D eigenvalue weighted by atomic mass is 32.2. The van der Waals surface area contributed by atoms with Crippen LogP contribution < -0.4 is 0 Å². The van der Waals surface area contributed by atoms with Gasteiger partial charge in [0.25, 0.3) is 0 Å². The largest absolute Gasteiger partial charge is 0.392 e. The number of hydrogen-bond acceptors (Lipinski definition) is 3. The van der Waals surface area contributed by atoms with E-state index in [2.05, 4.69) is 31.9 Å². The fraction of sp³-hybridized carbons (Fsp3) is 0.750. The third kappa shape index (κ3) is 3.83. The Labute approximate surface area is 102 Å². The first-order valence-electron chi connectivity index (χ1n) is 6.02.